The van der Waals surface area contributed by atoms with Crippen LogP contribution in [0.1, 0.15) is 60.3 Å². The topological polar surface area (TPSA) is 77.8 Å². The van der Waals surface area contributed by atoms with E-state index in [4.69, 9.17) is 0 Å². The van der Waals surface area contributed by atoms with Crippen molar-refractivity contribution in [2.75, 3.05) is 0 Å². The molecule has 0 heterocycles. The zero-order valence-corrected chi connectivity index (χ0v) is 15.5. The first-order valence-electron chi connectivity index (χ1n) is 9.29. The van der Waals surface area contributed by atoms with E-state index in [2.05, 4.69) is 20.8 Å². The van der Waals surface area contributed by atoms with E-state index in [1.165, 1.54) is 0 Å². The number of aliphatic hydroxyl groups is 3. The number of ketones is 1. The van der Waals surface area contributed by atoms with Crippen LogP contribution in [0.15, 0.2) is 11.6 Å². The Hall–Kier alpha value is -0.710. The van der Waals surface area contributed by atoms with Crippen molar-refractivity contribution in [2.45, 2.75) is 78.1 Å². The van der Waals surface area contributed by atoms with Gasteiger partial charge in [-0.05, 0) is 59.5 Å². The first-order chi connectivity index (χ1) is 10.9. The molecule has 0 spiro atoms. The summed E-state index contributed by atoms with van der Waals surface area (Å²) >= 11 is 0. The molecule has 2 fully saturated rings. The van der Waals surface area contributed by atoms with Gasteiger partial charge in [-0.3, -0.25) is 4.79 Å². The van der Waals surface area contributed by atoms with Crippen molar-refractivity contribution in [1.29, 1.82) is 0 Å². The molecule has 6 atom stereocenters. The molecule has 24 heavy (non-hydrogen) atoms. The molecule has 0 unspecified atom stereocenters. The molecule has 136 valence electrons. The number of hydrogen-bond donors (Lipinski definition) is 3. The Morgan fingerprint density at radius 1 is 1.17 bits per heavy atom. The third-order valence-corrected chi connectivity index (χ3v) is 7.70. The number of allylic oxidation sites excluding steroid dienone is 1. The van der Waals surface area contributed by atoms with Crippen LogP contribution in [-0.4, -0.2) is 38.9 Å². The van der Waals surface area contributed by atoms with Gasteiger partial charge in [-0.2, -0.15) is 0 Å². The van der Waals surface area contributed by atoms with Gasteiger partial charge in [-0.1, -0.05) is 34.6 Å². The first kappa shape index (κ1) is 18.1. The van der Waals surface area contributed by atoms with Gasteiger partial charge in [-0.25, -0.2) is 0 Å². The smallest absolute Gasteiger partial charge is 0.159 e. The molecule has 0 amide bonds. The standard InChI is InChI=1S/C20H32O4/c1-11(2)20(24)10-12-13(8-17(20)23)19(5)7-6-16(22)18(3,4)15(19)9-14(12)21/h10-11,13,15-17,22-24H,6-9H2,1-5H3/t13-,15-,16-,17-,19+,20+/m1/s1. The van der Waals surface area contributed by atoms with Gasteiger partial charge >= 0.3 is 0 Å². The molecular formula is C20H32O4. The van der Waals surface area contributed by atoms with E-state index in [1.54, 1.807) is 6.08 Å². The van der Waals surface area contributed by atoms with Crippen molar-refractivity contribution in [2.24, 2.45) is 28.6 Å². The van der Waals surface area contributed by atoms with Crippen LogP contribution in [0.2, 0.25) is 0 Å². The summed E-state index contributed by atoms with van der Waals surface area (Å²) in [6.45, 7) is 10.1. The molecule has 4 nitrogen and oxygen atoms in total. The van der Waals surface area contributed by atoms with Crippen molar-refractivity contribution in [1.82, 2.24) is 0 Å². The predicted octanol–water partition coefficient (Wildman–Crippen LogP) is 2.46. The summed E-state index contributed by atoms with van der Waals surface area (Å²) < 4.78 is 0. The molecule has 0 radical (unpaired) electrons. The van der Waals surface area contributed by atoms with Crippen molar-refractivity contribution in [3.05, 3.63) is 11.6 Å². The lowest BCUT2D eigenvalue weighted by Crippen LogP contribution is -2.60. The molecule has 0 aromatic heterocycles. The minimum atomic E-state index is -1.33. The van der Waals surface area contributed by atoms with Gasteiger partial charge in [0.05, 0.1) is 12.2 Å². The zero-order valence-electron chi connectivity index (χ0n) is 15.5. The average Bonchev–Trinajstić information content (AvgIpc) is 2.49. The summed E-state index contributed by atoms with van der Waals surface area (Å²) in [4.78, 5) is 12.9. The summed E-state index contributed by atoms with van der Waals surface area (Å²) in [6, 6.07) is 0. The fraction of sp³-hybridized carbons (Fsp3) is 0.850. The van der Waals surface area contributed by atoms with Crippen LogP contribution < -0.4 is 0 Å². The number of Topliss-reactive ketones (excluding diaryl/α,β-unsaturated/α-hetero) is 1. The van der Waals surface area contributed by atoms with Gasteiger partial charge in [0.1, 0.15) is 5.60 Å². The number of carbonyl (C=O) groups is 1. The highest BCUT2D eigenvalue weighted by molar-refractivity contribution is 5.97. The molecule has 0 aromatic carbocycles. The van der Waals surface area contributed by atoms with E-state index in [0.717, 1.165) is 12.8 Å². The van der Waals surface area contributed by atoms with E-state index < -0.39 is 17.8 Å². The third-order valence-electron chi connectivity index (χ3n) is 7.70. The van der Waals surface area contributed by atoms with Gasteiger partial charge in [0.15, 0.2) is 5.78 Å². The molecule has 0 aromatic rings. The van der Waals surface area contributed by atoms with Crippen LogP contribution in [0, 0.1) is 28.6 Å². The highest BCUT2D eigenvalue weighted by Gasteiger charge is 2.60. The van der Waals surface area contributed by atoms with Crippen LogP contribution in [0.5, 0.6) is 0 Å². The van der Waals surface area contributed by atoms with Gasteiger partial charge < -0.3 is 15.3 Å². The van der Waals surface area contributed by atoms with E-state index in [9.17, 15) is 20.1 Å². The Kier molecular flexibility index (Phi) is 4.06. The number of hydrogen-bond acceptors (Lipinski definition) is 4. The van der Waals surface area contributed by atoms with Gasteiger partial charge in [0.25, 0.3) is 0 Å². The first-order valence-corrected chi connectivity index (χ1v) is 9.29. The lowest BCUT2D eigenvalue weighted by Gasteiger charge is -2.60. The highest BCUT2D eigenvalue weighted by Crippen LogP contribution is 2.62. The number of aliphatic hydroxyl groups excluding tert-OH is 2. The average molecular weight is 336 g/mol. The molecule has 4 heteroatoms. The minimum absolute atomic E-state index is 0.0375. The van der Waals surface area contributed by atoms with Crippen molar-refractivity contribution in [3.63, 3.8) is 0 Å². The Bertz CT molecular complexity index is 578. The highest BCUT2D eigenvalue weighted by atomic mass is 16.3. The van der Waals surface area contributed by atoms with Crippen molar-refractivity contribution >= 4 is 5.78 Å². The summed E-state index contributed by atoms with van der Waals surface area (Å²) in [5, 5.41) is 32.0. The Balaban J connectivity index is 2.08. The Morgan fingerprint density at radius 2 is 1.79 bits per heavy atom. The lowest BCUT2D eigenvalue weighted by molar-refractivity contribution is -0.158. The summed E-state index contributed by atoms with van der Waals surface area (Å²) in [5.74, 6) is -0.00934. The van der Waals surface area contributed by atoms with E-state index in [0.29, 0.717) is 18.4 Å². The second-order valence-corrected chi connectivity index (χ2v) is 9.51. The molecule has 3 N–H and O–H groups in total. The van der Waals surface area contributed by atoms with Gasteiger partial charge in [0, 0.05) is 6.42 Å². The lowest BCUT2D eigenvalue weighted by atomic mass is 9.44. The van der Waals surface area contributed by atoms with E-state index in [-0.39, 0.29) is 34.4 Å². The predicted molar refractivity (Wildman–Crippen MR) is 92.2 cm³/mol. The maximum Gasteiger partial charge on any atom is 0.159 e. The quantitative estimate of drug-likeness (QED) is 0.687. The fourth-order valence-electron chi connectivity index (χ4n) is 5.73. The van der Waals surface area contributed by atoms with Crippen LogP contribution in [0.4, 0.5) is 0 Å². The summed E-state index contributed by atoms with van der Waals surface area (Å²) in [5.41, 5.74) is -1.05. The fourth-order valence-corrected chi connectivity index (χ4v) is 5.73. The molecule has 3 rings (SSSR count). The normalized spacial score (nSPS) is 47.9. The minimum Gasteiger partial charge on any atom is -0.393 e. The SMILES string of the molecule is CC(C)[C@@]1(O)C=C2C(=O)C[C@@H]3C(C)(C)[C@H](O)CC[C@@]3(C)[C@@H]2C[C@H]1O. The zero-order chi connectivity index (χ0) is 18.1. The van der Waals surface area contributed by atoms with Gasteiger partial charge in [0.2, 0.25) is 0 Å². The van der Waals surface area contributed by atoms with Crippen molar-refractivity contribution < 1.29 is 20.1 Å². The van der Waals surface area contributed by atoms with Crippen LogP contribution in [0.25, 0.3) is 0 Å². The van der Waals surface area contributed by atoms with Gasteiger partial charge in [-0.15, -0.1) is 0 Å². The number of rotatable bonds is 1. The van der Waals surface area contributed by atoms with Crippen LogP contribution in [-0.2, 0) is 4.79 Å². The molecule has 0 bridgehead atoms. The summed E-state index contributed by atoms with van der Waals surface area (Å²) in [6.07, 6.45) is 2.84. The molecule has 0 aliphatic heterocycles. The second kappa shape index (κ2) is 5.39. The maximum absolute atomic E-state index is 12.9. The Morgan fingerprint density at radius 3 is 2.38 bits per heavy atom. The number of fused-ring (bicyclic) bond motifs is 3. The van der Waals surface area contributed by atoms with Crippen LogP contribution >= 0.6 is 0 Å². The molecular weight excluding hydrogens is 304 g/mol. The number of carbonyl (C=O) groups excluding carboxylic acids is 1. The third kappa shape index (κ3) is 2.26. The summed E-state index contributed by atoms with van der Waals surface area (Å²) in [7, 11) is 0. The van der Waals surface area contributed by atoms with Crippen LogP contribution in [0.3, 0.4) is 0 Å². The largest absolute Gasteiger partial charge is 0.393 e. The van der Waals surface area contributed by atoms with Crippen molar-refractivity contribution in [3.8, 4) is 0 Å². The Labute approximate surface area is 145 Å². The maximum atomic E-state index is 12.9. The van der Waals surface area contributed by atoms with E-state index >= 15 is 0 Å². The van der Waals surface area contributed by atoms with E-state index in [1.807, 2.05) is 13.8 Å². The molecule has 2 saturated carbocycles. The molecule has 3 aliphatic rings. The second-order valence-electron chi connectivity index (χ2n) is 9.51. The molecule has 0 saturated heterocycles. The monoisotopic (exact) mass is 336 g/mol. The molecule has 3 aliphatic carbocycles.